The largest absolute Gasteiger partial charge is 0.511 e. The van der Waals surface area contributed by atoms with Gasteiger partial charge in [-0.25, -0.2) is 4.79 Å². The van der Waals surface area contributed by atoms with Gasteiger partial charge in [0.2, 0.25) is 0 Å². The normalized spacial score (nSPS) is 44.9. The average molecular weight is 562 g/mol. The number of carbonyl (C=O) groups excluding carboxylic acids is 2. The molecule has 1 aliphatic heterocycles. The van der Waals surface area contributed by atoms with Crippen LogP contribution >= 0.6 is 0 Å². The summed E-state index contributed by atoms with van der Waals surface area (Å²) in [5.74, 6) is 0.878. The zero-order chi connectivity index (χ0) is 30.0. The molecule has 3 saturated carbocycles. The van der Waals surface area contributed by atoms with Crippen LogP contribution < -0.4 is 0 Å². The number of aliphatic hydroxyl groups excluding tert-OH is 1. The van der Waals surface area contributed by atoms with Crippen molar-refractivity contribution in [3.05, 3.63) is 23.0 Å². The quantitative estimate of drug-likeness (QED) is 0.384. The summed E-state index contributed by atoms with van der Waals surface area (Å²) in [7, 11) is 1.90. The van der Waals surface area contributed by atoms with Crippen molar-refractivity contribution in [3.8, 4) is 6.07 Å². The van der Waals surface area contributed by atoms with Gasteiger partial charge in [0.15, 0.2) is 5.78 Å². The van der Waals surface area contributed by atoms with Crippen LogP contribution in [-0.2, 0) is 4.79 Å². The van der Waals surface area contributed by atoms with Gasteiger partial charge in [-0.15, -0.1) is 0 Å². The van der Waals surface area contributed by atoms with Crippen molar-refractivity contribution < 1.29 is 14.7 Å². The molecule has 0 aromatic heterocycles. The molecule has 6 aliphatic rings. The predicted molar refractivity (Wildman–Crippen MR) is 160 cm³/mol. The summed E-state index contributed by atoms with van der Waals surface area (Å²) >= 11 is 0. The first kappa shape index (κ1) is 28.8. The molecule has 0 spiro atoms. The van der Waals surface area contributed by atoms with E-state index in [1.54, 1.807) is 0 Å². The van der Waals surface area contributed by atoms with Crippen LogP contribution in [0.1, 0.15) is 99.8 Å². The first-order valence-corrected chi connectivity index (χ1v) is 16.1. The second kappa shape index (κ2) is 8.64. The lowest BCUT2D eigenvalue weighted by atomic mass is 9.34. The van der Waals surface area contributed by atoms with Gasteiger partial charge >= 0.3 is 6.03 Å². The Hall–Kier alpha value is -2.29. The Balaban J connectivity index is 1.46. The highest BCUT2D eigenvalue weighted by Gasteiger charge is 2.70. The van der Waals surface area contributed by atoms with Crippen LogP contribution in [0.15, 0.2) is 23.0 Å². The second-order valence-corrected chi connectivity index (χ2v) is 17.0. The zero-order valence-electron chi connectivity index (χ0n) is 26.7. The Labute approximate surface area is 247 Å². The molecule has 41 heavy (non-hydrogen) atoms. The summed E-state index contributed by atoms with van der Waals surface area (Å²) in [5.41, 5.74) is 0.676. The maximum absolute atomic E-state index is 14.7. The molecule has 1 heterocycles. The van der Waals surface area contributed by atoms with Gasteiger partial charge in [-0.2, -0.15) is 5.26 Å². The molecule has 6 rings (SSSR count). The lowest BCUT2D eigenvalue weighted by Gasteiger charge is -2.70. The number of nitriles is 1. The summed E-state index contributed by atoms with van der Waals surface area (Å²) in [5, 5.41) is 21.1. The average Bonchev–Trinajstić information content (AvgIpc) is 3.20. The van der Waals surface area contributed by atoms with Gasteiger partial charge in [-0.05, 0) is 96.4 Å². The topological polar surface area (TPSA) is 84.6 Å². The van der Waals surface area contributed by atoms with Crippen molar-refractivity contribution in [3.63, 3.8) is 0 Å². The maximum Gasteiger partial charge on any atom is 0.319 e. The number of carbonyl (C=O) groups is 2. The molecule has 1 saturated heterocycles. The molecule has 6 heteroatoms. The van der Waals surface area contributed by atoms with Gasteiger partial charge in [-0.1, -0.05) is 54.0 Å². The van der Waals surface area contributed by atoms with Crippen molar-refractivity contribution in [1.82, 2.24) is 9.80 Å². The maximum atomic E-state index is 14.7. The summed E-state index contributed by atoms with van der Waals surface area (Å²) in [6.07, 6.45) is 9.81. The lowest BCUT2D eigenvalue weighted by molar-refractivity contribution is -0.174. The van der Waals surface area contributed by atoms with Crippen molar-refractivity contribution in [2.24, 2.45) is 50.2 Å². The molecule has 5 aliphatic carbocycles. The van der Waals surface area contributed by atoms with Gasteiger partial charge in [0.25, 0.3) is 0 Å². The number of likely N-dealkylation sites (N-methyl/N-ethyl adjacent to an activating group) is 1. The van der Waals surface area contributed by atoms with Crippen LogP contribution in [-0.4, -0.2) is 53.4 Å². The second-order valence-electron chi connectivity index (χ2n) is 17.0. The Morgan fingerprint density at radius 2 is 1.68 bits per heavy atom. The van der Waals surface area contributed by atoms with E-state index in [2.05, 4.69) is 59.4 Å². The Morgan fingerprint density at radius 1 is 1.00 bits per heavy atom. The molecule has 0 bridgehead atoms. The highest BCUT2D eigenvalue weighted by Crippen LogP contribution is 2.75. The molecule has 0 aromatic carbocycles. The van der Waals surface area contributed by atoms with E-state index in [0.29, 0.717) is 12.0 Å². The van der Waals surface area contributed by atoms with E-state index in [1.165, 1.54) is 5.57 Å². The number of nitrogens with zero attached hydrogens (tertiary/aromatic N) is 3. The number of allylic oxidation sites excluding steroid dienone is 4. The third kappa shape index (κ3) is 3.65. The van der Waals surface area contributed by atoms with Gasteiger partial charge in [0, 0.05) is 38.0 Å². The first-order chi connectivity index (χ1) is 19.0. The number of urea groups is 1. The highest BCUT2D eigenvalue weighted by molar-refractivity contribution is 5.95. The first-order valence-electron chi connectivity index (χ1n) is 16.1. The molecular weight excluding hydrogens is 510 g/mol. The number of ketones is 1. The summed E-state index contributed by atoms with van der Waals surface area (Å²) in [6.45, 7) is 18.3. The summed E-state index contributed by atoms with van der Waals surface area (Å²) < 4.78 is 0. The Morgan fingerprint density at radius 3 is 2.32 bits per heavy atom. The van der Waals surface area contributed by atoms with Crippen LogP contribution in [0.3, 0.4) is 0 Å². The molecule has 7 atom stereocenters. The monoisotopic (exact) mass is 561 g/mol. The number of hydrogen-bond acceptors (Lipinski definition) is 4. The van der Waals surface area contributed by atoms with Crippen LogP contribution in [0, 0.1) is 61.6 Å². The summed E-state index contributed by atoms with van der Waals surface area (Å²) in [4.78, 5) is 31.7. The van der Waals surface area contributed by atoms with Gasteiger partial charge in [-0.3, -0.25) is 4.79 Å². The van der Waals surface area contributed by atoms with E-state index in [4.69, 9.17) is 0 Å². The number of amides is 2. The van der Waals surface area contributed by atoms with Gasteiger partial charge in [0.1, 0.15) is 5.76 Å². The molecule has 6 nitrogen and oxygen atoms in total. The van der Waals surface area contributed by atoms with Crippen molar-refractivity contribution in [1.29, 1.82) is 5.26 Å². The van der Waals surface area contributed by atoms with E-state index < -0.39 is 5.41 Å². The SMILES string of the molecule is CN1CCN(C[C@]23CCC(C)(C)C[C@H]2[C@H]2C(=O)C=C4[C@@]5(C)CC(C#N)=C(O)C(C)(C)[C@@H]5CC[C@@]4(C)[C@]2(C)CC3)C1=O. The molecule has 1 N–H and O–H groups in total. The minimum atomic E-state index is -0.508. The van der Waals surface area contributed by atoms with Crippen molar-refractivity contribution in [2.45, 2.75) is 99.8 Å². The number of rotatable bonds is 2. The highest BCUT2D eigenvalue weighted by atomic mass is 16.3. The van der Waals surface area contributed by atoms with Crippen LogP contribution in [0.4, 0.5) is 4.79 Å². The van der Waals surface area contributed by atoms with E-state index in [1.807, 2.05) is 18.0 Å². The van der Waals surface area contributed by atoms with Gasteiger partial charge in [0.05, 0.1) is 11.6 Å². The fraction of sp³-hybridized carbons (Fsp3) is 0.800. The number of hydrogen-bond donors (Lipinski definition) is 1. The standard InChI is InChI=1S/C35H51N3O3/c1-30(2)11-13-35(21-38-16-15-37(8)29(38)41)14-12-34(7)27(23(35)19-30)24(39)17-26-32(5)18-22(20-36)28(40)31(3,4)25(32)9-10-33(26,34)6/h17,23,25,27,40H,9-16,18-19,21H2,1-8H3/t23-,25-,27-,32-,33+,34+,35+/m0/s1. The summed E-state index contributed by atoms with van der Waals surface area (Å²) in [6, 6.07) is 2.46. The molecule has 2 amide bonds. The van der Waals surface area contributed by atoms with E-state index in [0.717, 1.165) is 64.6 Å². The van der Waals surface area contributed by atoms with Crippen molar-refractivity contribution in [2.75, 3.05) is 26.7 Å². The minimum Gasteiger partial charge on any atom is -0.511 e. The number of aliphatic hydroxyl groups is 1. The molecule has 4 fully saturated rings. The molecule has 0 radical (unpaired) electrons. The fourth-order valence-electron chi connectivity index (χ4n) is 11.5. The Kier molecular flexibility index (Phi) is 6.07. The predicted octanol–water partition coefficient (Wildman–Crippen LogP) is 7.28. The number of fused-ring (bicyclic) bond motifs is 7. The Bertz CT molecular complexity index is 1300. The van der Waals surface area contributed by atoms with E-state index >= 15 is 0 Å². The molecule has 0 aromatic rings. The smallest absolute Gasteiger partial charge is 0.319 e. The molecular formula is C35H51N3O3. The lowest BCUT2D eigenvalue weighted by Crippen LogP contribution is -2.65. The van der Waals surface area contributed by atoms with Crippen LogP contribution in [0.2, 0.25) is 0 Å². The van der Waals surface area contributed by atoms with E-state index in [-0.39, 0.29) is 62.4 Å². The van der Waals surface area contributed by atoms with Crippen LogP contribution in [0.5, 0.6) is 0 Å². The van der Waals surface area contributed by atoms with Gasteiger partial charge < -0.3 is 14.9 Å². The minimum absolute atomic E-state index is 0.0195. The fourth-order valence-corrected chi connectivity index (χ4v) is 11.5. The molecule has 0 unspecified atom stereocenters. The van der Waals surface area contributed by atoms with Crippen molar-refractivity contribution >= 4 is 11.8 Å². The zero-order valence-corrected chi connectivity index (χ0v) is 26.7. The van der Waals surface area contributed by atoms with Crippen LogP contribution in [0.25, 0.3) is 0 Å². The third-order valence-corrected chi connectivity index (χ3v) is 14.1. The van der Waals surface area contributed by atoms with E-state index in [9.17, 15) is 20.0 Å². The molecule has 224 valence electrons. The third-order valence-electron chi connectivity index (χ3n) is 14.1.